The molecule has 0 aliphatic heterocycles. The Kier molecular flexibility index (Phi) is 6.86. The fraction of sp³-hybridized carbons (Fsp3) is 0.176. The SMILES string of the molecule is CCOc1ccc(/C=N/OCC(=O)Nc2ccc(I)cc2)cc1. The Morgan fingerprint density at radius 1 is 1.17 bits per heavy atom. The molecule has 0 fully saturated rings. The van der Waals surface area contributed by atoms with Gasteiger partial charge in [-0.15, -0.1) is 0 Å². The number of nitrogens with one attached hydrogen (secondary N) is 1. The first kappa shape index (κ1) is 17.3. The number of rotatable bonds is 7. The second-order valence-corrected chi connectivity index (χ2v) is 5.81. The van der Waals surface area contributed by atoms with Crippen LogP contribution in [0.4, 0.5) is 5.69 Å². The van der Waals surface area contributed by atoms with Crippen molar-refractivity contribution in [1.29, 1.82) is 0 Å². The number of amides is 1. The van der Waals surface area contributed by atoms with Crippen LogP contribution in [0.3, 0.4) is 0 Å². The molecular weight excluding hydrogens is 407 g/mol. The van der Waals surface area contributed by atoms with E-state index in [9.17, 15) is 4.79 Å². The molecule has 0 saturated heterocycles. The van der Waals surface area contributed by atoms with Gasteiger partial charge < -0.3 is 14.9 Å². The van der Waals surface area contributed by atoms with E-state index in [1.54, 1.807) is 6.21 Å². The Hall–Kier alpha value is -2.09. The van der Waals surface area contributed by atoms with E-state index in [0.29, 0.717) is 6.61 Å². The third-order valence-corrected chi connectivity index (χ3v) is 3.51. The van der Waals surface area contributed by atoms with Gasteiger partial charge in [0.2, 0.25) is 0 Å². The van der Waals surface area contributed by atoms with Gasteiger partial charge in [0.25, 0.3) is 5.91 Å². The number of nitrogens with zero attached hydrogens (tertiary/aromatic N) is 1. The largest absolute Gasteiger partial charge is 0.494 e. The number of anilines is 1. The van der Waals surface area contributed by atoms with Crippen molar-refractivity contribution in [1.82, 2.24) is 0 Å². The van der Waals surface area contributed by atoms with Crippen molar-refractivity contribution < 1.29 is 14.4 Å². The summed E-state index contributed by atoms with van der Waals surface area (Å²) < 4.78 is 6.46. The maximum atomic E-state index is 11.7. The highest BCUT2D eigenvalue weighted by atomic mass is 127. The quantitative estimate of drug-likeness (QED) is 0.419. The number of oxime groups is 1. The molecule has 0 bridgehead atoms. The summed E-state index contributed by atoms with van der Waals surface area (Å²) in [4.78, 5) is 16.7. The topological polar surface area (TPSA) is 59.9 Å². The minimum Gasteiger partial charge on any atom is -0.494 e. The third-order valence-electron chi connectivity index (χ3n) is 2.79. The number of hydrogen-bond donors (Lipinski definition) is 1. The molecule has 5 nitrogen and oxygen atoms in total. The number of hydrogen-bond acceptors (Lipinski definition) is 4. The van der Waals surface area contributed by atoms with Crippen molar-refractivity contribution in [2.45, 2.75) is 6.92 Å². The summed E-state index contributed by atoms with van der Waals surface area (Å²) in [6, 6.07) is 14.9. The second kappa shape index (κ2) is 9.14. The summed E-state index contributed by atoms with van der Waals surface area (Å²) >= 11 is 2.21. The van der Waals surface area contributed by atoms with E-state index in [1.807, 2.05) is 55.5 Å². The molecule has 1 amide bonds. The molecular formula is C17H17IN2O3. The van der Waals surface area contributed by atoms with Crippen molar-refractivity contribution in [3.8, 4) is 5.75 Å². The number of carbonyl (C=O) groups excluding carboxylic acids is 1. The first-order valence-electron chi connectivity index (χ1n) is 7.11. The monoisotopic (exact) mass is 424 g/mol. The van der Waals surface area contributed by atoms with E-state index in [-0.39, 0.29) is 12.5 Å². The van der Waals surface area contributed by atoms with Crippen LogP contribution >= 0.6 is 22.6 Å². The van der Waals surface area contributed by atoms with Gasteiger partial charge in [-0.05, 0) is 83.6 Å². The highest BCUT2D eigenvalue weighted by Gasteiger charge is 2.02. The minimum atomic E-state index is -0.255. The van der Waals surface area contributed by atoms with Crippen molar-refractivity contribution in [3.05, 3.63) is 57.7 Å². The lowest BCUT2D eigenvalue weighted by Gasteiger charge is -2.04. The molecule has 2 rings (SSSR count). The highest BCUT2D eigenvalue weighted by Crippen LogP contribution is 2.11. The van der Waals surface area contributed by atoms with Gasteiger partial charge in [-0.25, -0.2) is 0 Å². The standard InChI is InChI=1S/C17H17IN2O3/c1-2-22-16-9-3-13(4-10-16)11-19-23-12-17(21)20-15-7-5-14(18)6-8-15/h3-11H,2,12H2,1H3,(H,20,21)/b19-11+. The summed E-state index contributed by atoms with van der Waals surface area (Å²) in [6.07, 6.45) is 1.55. The normalized spacial score (nSPS) is 10.5. The first-order valence-corrected chi connectivity index (χ1v) is 8.19. The van der Waals surface area contributed by atoms with Crippen molar-refractivity contribution in [2.24, 2.45) is 5.16 Å². The predicted octanol–water partition coefficient (Wildman–Crippen LogP) is 3.68. The van der Waals surface area contributed by atoms with Gasteiger partial charge in [0.1, 0.15) is 5.75 Å². The smallest absolute Gasteiger partial charge is 0.265 e. The lowest BCUT2D eigenvalue weighted by Crippen LogP contribution is -2.16. The summed E-state index contributed by atoms with van der Waals surface area (Å²) in [5.74, 6) is 0.553. The summed E-state index contributed by atoms with van der Waals surface area (Å²) in [5.41, 5.74) is 1.60. The summed E-state index contributed by atoms with van der Waals surface area (Å²) in [7, 11) is 0. The number of benzene rings is 2. The number of carbonyl (C=O) groups is 1. The molecule has 0 aromatic heterocycles. The maximum Gasteiger partial charge on any atom is 0.265 e. The van der Waals surface area contributed by atoms with E-state index < -0.39 is 0 Å². The molecule has 0 saturated carbocycles. The molecule has 0 aliphatic rings. The Balaban J connectivity index is 1.75. The van der Waals surface area contributed by atoms with Crippen LogP contribution in [0.25, 0.3) is 0 Å². The van der Waals surface area contributed by atoms with Gasteiger partial charge in [0.05, 0.1) is 12.8 Å². The fourth-order valence-electron chi connectivity index (χ4n) is 1.74. The van der Waals surface area contributed by atoms with Gasteiger partial charge in [0, 0.05) is 9.26 Å². The Labute approximate surface area is 148 Å². The first-order chi connectivity index (χ1) is 11.2. The van der Waals surface area contributed by atoms with E-state index >= 15 is 0 Å². The van der Waals surface area contributed by atoms with E-state index in [4.69, 9.17) is 9.57 Å². The van der Waals surface area contributed by atoms with Crippen LogP contribution in [0.2, 0.25) is 0 Å². The summed E-state index contributed by atoms with van der Waals surface area (Å²) in [5, 5.41) is 6.52. The molecule has 6 heteroatoms. The number of halogens is 1. The zero-order valence-corrected chi connectivity index (χ0v) is 14.8. The Bertz CT molecular complexity index is 655. The molecule has 0 aliphatic carbocycles. The number of ether oxygens (including phenoxy) is 1. The minimum absolute atomic E-state index is 0.139. The van der Waals surface area contributed by atoms with Crippen LogP contribution in [0.15, 0.2) is 53.7 Å². The lowest BCUT2D eigenvalue weighted by atomic mass is 10.2. The van der Waals surface area contributed by atoms with Crippen molar-refractivity contribution >= 4 is 40.4 Å². The maximum absolute atomic E-state index is 11.7. The van der Waals surface area contributed by atoms with Crippen molar-refractivity contribution in [3.63, 3.8) is 0 Å². The molecule has 0 heterocycles. The molecule has 2 aromatic carbocycles. The molecule has 2 aromatic rings. The van der Waals surface area contributed by atoms with Crippen molar-refractivity contribution in [2.75, 3.05) is 18.5 Å². The van der Waals surface area contributed by atoms with Crippen LogP contribution in [-0.2, 0) is 9.63 Å². The fourth-order valence-corrected chi connectivity index (χ4v) is 2.10. The second-order valence-electron chi connectivity index (χ2n) is 4.57. The van der Waals surface area contributed by atoms with Gasteiger partial charge in [0.15, 0.2) is 6.61 Å². The molecule has 0 unspecified atom stereocenters. The van der Waals surface area contributed by atoms with Crippen LogP contribution in [0, 0.1) is 3.57 Å². The molecule has 120 valence electrons. The van der Waals surface area contributed by atoms with Crippen LogP contribution in [0.1, 0.15) is 12.5 Å². The Morgan fingerprint density at radius 3 is 2.52 bits per heavy atom. The summed E-state index contributed by atoms with van der Waals surface area (Å²) in [6.45, 7) is 2.43. The zero-order chi connectivity index (χ0) is 16.5. The lowest BCUT2D eigenvalue weighted by molar-refractivity contribution is -0.120. The van der Waals surface area contributed by atoms with Gasteiger partial charge in [-0.1, -0.05) is 5.16 Å². The van der Waals surface area contributed by atoms with E-state index in [2.05, 4.69) is 33.1 Å². The van der Waals surface area contributed by atoms with Crippen LogP contribution in [0.5, 0.6) is 5.75 Å². The molecule has 0 atom stereocenters. The van der Waals surface area contributed by atoms with E-state index in [1.165, 1.54) is 0 Å². The van der Waals surface area contributed by atoms with Crippen LogP contribution < -0.4 is 10.1 Å². The molecule has 23 heavy (non-hydrogen) atoms. The van der Waals surface area contributed by atoms with E-state index in [0.717, 1.165) is 20.6 Å². The predicted molar refractivity (Wildman–Crippen MR) is 98.9 cm³/mol. The molecule has 0 spiro atoms. The average Bonchev–Trinajstić information content (AvgIpc) is 2.55. The third kappa shape index (κ3) is 6.27. The Morgan fingerprint density at radius 2 is 1.87 bits per heavy atom. The highest BCUT2D eigenvalue weighted by molar-refractivity contribution is 14.1. The molecule has 1 N–H and O–H groups in total. The zero-order valence-electron chi connectivity index (χ0n) is 12.7. The molecule has 0 radical (unpaired) electrons. The van der Waals surface area contributed by atoms with Gasteiger partial charge >= 0.3 is 0 Å². The average molecular weight is 424 g/mol. The van der Waals surface area contributed by atoms with Gasteiger partial charge in [-0.3, -0.25) is 4.79 Å². The van der Waals surface area contributed by atoms with Gasteiger partial charge in [-0.2, -0.15) is 0 Å². The van der Waals surface area contributed by atoms with Crippen LogP contribution in [-0.4, -0.2) is 25.3 Å².